The molecular formula is C24H29F2N3O12. The smallest absolute Gasteiger partial charge is 0.413 e. The van der Waals surface area contributed by atoms with E-state index in [1.165, 1.54) is 24.3 Å². The summed E-state index contributed by atoms with van der Waals surface area (Å²) in [5.74, 6) is -0.0649. The van der Waals surface area contributed by atoms with Crippen molar-refractivity contribution in [3.63, 3.8) is 0 Å². The fraction of sp³-hybridized carbons (Fsp3) is 0.542. The number of amides is 1. The molecule has 0 spiro atoms. The molecule has 41 heavy (non-hydrogen) atoms. The number of nitrogens with zero attached hydrogens (tertiary/aromatic N) is 2. The maximum atomic E-state index is 14.4. The highest BCUT2D eigenvalue weighted by Gasteiger charge is 2.47. The van der Waals surface area contributed by atoms with E-state index < -0.39 is 86.5 Å². The van der Waals surface area contributed by atoms with Crippen molar-refractivity contribution in [1.29, 1.82) is 0 Å². The zero-order chi connectivity index (χ0) is 29.8. The third-order valence-electron chi connectivity index (χ3n) is 6.51. The van der Waals surface area contributed by atoms with E-state index in [1.54, 1.807) is 0 Å². The SMILES string of the molecule is O=C(Nc1ccn([C@@H]2O[C@H](CO)C(O)[C@H](F)C2F)c(=O)n1)OCc1ccc(O[C@@H]2OC(CO)[C@H](O)C(O)C2O)cc1. The van der Waals surface area contributed by atoms with Crippen LogP contribution < -0.4 is 15.7 Å². The topological polar surface area (TPSA) is 222 Å². The van der Waals surface area contributed by atoms with Gasteiger partial charge in [0.2, 0.25) is 6.29 Å². The van der Waals surface area contributed by atoms with E-state index >= 15 is 0 Å². The molecule has 1 aromatic heterocycles. The van der Waals surface area contributed by atoms with E-state index in [4.69, 9.17) is 18.9 Å². The van der Waals surface area contributed by atoms with Gasteiger partial charge in [-0.25, -0.2) is 18.4 Å². The molecule has 2 aliphatic rings. The third-order valence-corrected chi connectivity index (χ3v) is 6.51. The first-order chi connectivity index (χ1) is 19.5. The van der Waals surface area contributed by atoms with Crippen LogP contribution in [0.3, 0.4) is 0 Å². The molecule has 17 heteroatoms. The molecule has 0 aliphatic carbocycles. The molecule has 1 aromatic carbocycles. The molecule has 5 unspecified atom stereocenters. The minimum Gasteiger partial charge on any atom is -0.462 e. The normalized spacial score (nSPS) is 33.7. The fourth-order valence-electron chi connectivity index (χ4n) is 4.18. The van der Waals surface area contributed by atoms with Crippen molar-refractivity contribution in [3.05, 3.63) is 52.6 Å². The maximum Gasteiger partial charge on any atom is 0.413 e. The Morgan fingerprint density at radius 1 is 0.927 bits per heavy atom. The Bertz CT molecular complexity index is 1230. The Balaban J connectivity index is 1.30. The second kappa shape index (κ2) is 13.1. The number of aliphatic hydroxyl groups is 6. The average Bonchev–Trinajstić information content (AvgIpc) is 2.96. The number of aliphatic hydroxyl groups excluding tert-OH is 6. The van der Waals surface area contributed by atoms with E-state index in [0.29, 0.717) is 10.1 Å². The summed E-state index contributed by atoms with van der Waals surface area (Å²) in [5, 5.41) is 60.1. The number of ether oxygens (including phenoxy) is 4. The van der Waals surface area contributed by atoms with Crippen molar-refractivity contribution in [2.45, 2.75) is 68.1 Å². The summed E-state index contributed by atoms with van der Waals surface area (Å²) in [5.41, 5.74) is -0.611. The van der Waals surface area contributed by atoms with Gasteiger partial charge in [-0.3, -0.25) is 9.88 Å². The van der Waals surface area contributed by atoms with Gasteiger partial charge in [0.15, 0.2) is 18.6 Å². The molecule has 2 aliphatic heterocycles. The number of alkyl halides is 2. The summed E-state index contributed by atoms with van der Waals surface area (Å²) in [7, 11) is 0. The average molecular weight is 590 g/mol. The summed E-state index contributed by atoms with van der Waals surface area (Å²) in [6.45, 7) is -1.65. The van der Waals surface area contributed by atoms with Gasteiger partial charge >= 0.3 is 11.8 Å². The molecule has 2 saturated heterocycles. The first-order valence-electron chi connectivity index (χ1n) is 12.4. The molecule has 7 N–H and O–H groups in total. The van der Waals surface area contributed by atoms with Gasteiger partial charge in [-0.2, -0.15) is 4.98 Å². The standard InChI is InChI=1S/C24H29F2N3O12/c25-15-16(26)21(40-12(7-30)17(15)32)29-6-5-14(27-23(29)36)28-24(37)38-9-10-1-3-11(4-2-10)39-22-20(35)19(34)18(33)13(8-31)41-22/h1-6,12-13,15-22,30-35H,7-9H2,(H,27,28,36,37)/t12-,13?,15-,16?,17?,18+,19?,20?,21-,22-/m1/s1. The molecule has 15 nitrogen and oxygen atoms in total. The van der Waals surface area contributed by atoms with Crippen LogP contribution >= 0.6 is 0 Å². The van der Waals surface area contributed by atoms with Crippen molar-refractivity contribution in [1.82, 2.24) is 9.55 Å². The Labute approximate surface area is 230 Å². The van der Waals surface area contributed by atoms with Crippen LogP contribution in [0.4, 0.5) is 19.4 Å². The van der Waals surface area contributed by atoms with Crippen LogP contribution in [0.15, 0.2) is 41.3 Å². The maximum absolute atomic E-state index is 14.4. The van der Waals surface area contributed by atoms with Crippen LogP contribution in [0.25, 0.3) is 0 Å². The minimum atomic E-state index is -2.43. The van der Waals surface area contributed by atoms with E-state index in [1.807, 2.05) is 0 Å². The Hall–Kier alpha value is -3.29. The van der Waals surface area contributed by atoms with Crippen LogP contribution in [-0.4, -0.2) is 115 Å². The highest BCUT2D eigenvalue weighted by Crippen LogP contribution is 2.31. The number of anilines is 1. The lowest BCUT2D eigenvalue weighted by Crippen LogP contribution is -2.60. The Kier molecular flexibility index (Phi) is 9.82. The first-order valence-corrected chi connectivity index (χ1v) is 12.4. The van der Waals surface area contributed by atoms with Crippen LogP contribution in [0.2, 0.25) is 0 Å². The Morgan fingerprint density at radius 2 is 1.59 bits per heavy atom. The lowest BCUT2D eigenvalue weighted by Gasteiger charge is -2.39. The van der Waals surface area contributed by atoms with E-state index in [0.717, 1.165) is 12.3 Å². The first kappa shape index (κ1) is 30.7. The van der Waals surface area contributed by atoms with Gasteiger partial charge in [0.05, 0.1) is 13.2 Å². The zero-order valence-corrected chi connectivity index (χ0v) is 21.1. The summed E-state index contributed by atoms with van der Waals surface area (Å²) >= 11 is 0. The predicted octanol–water partition coefficient (Wildman–Crippen LogP) is -1.90. The number of hydrogen-bond donors (Lipinski definition) is 7. The molecule has 2 aromatic rings. The molecule has 0 saturated carbocycles. The molecule has 226 valence electrons. The van der Waals surface area contributed by atoms with Crippen molar-refractivity contribution in [3.8, 4) is 5.75 Å². The molecule has 0 bridgehead atoms. The predicted molar refractivity (Wildman–Crippen MR) is 130 cm³/mol. The monoisotopic (exact) mass is 589 g/mol. The van der Waals surface area contributed by atoms with E-state index in [9.17, 15) is 49.0 Å². The van der Waals surface area contributed by atoms with Crippen molar-refractivity contribution < 1.29 is 63.2 Å². The lowest BCUT2D eigenvalue weighted by atomic mass is 9.99. The number of carbonyl (C=O) groups excluding carboxylic acids is 1. The second-order valence-electron chi connectivity index (χ2n) is 9.29. The summed E-state index contributed by atoms with van der Waals surface area (Å²) in [4.78, 5) is 28.1. The summed E-state index contributed by atoms with van der Waals surface area (Å²) in [6.07, 6.45) is -17.3. The van der Waals surface area contributed by atoms with Crippen LogP contribution in [-0.2, 0) is 20.8 Å². The van der Waals surface area contributed by atoms with Gasteiger partial charge in [-0.05, 0) is 23.8 Å². The summed E-state index contributed by atoms with van der Waals surface area (Å²) in [6, 6.07) is 7.03. The third kappa shape index (κ3) is 6.79. The van der Waals surface area contributed by atoms with E-state index in [-0.39, 0.29) is 18.2 Å². The number of aromatic nitrogens is 2. The number of carbonyl (C=O) groups is 1. The van der Waals surface area contributed by atoms with Gasteiger partial charge in [-0.1, -0.05) is 12.1 Å². The van der Waals surface area contributed by atoms with Crippen LogP contribution in [0.1, 0.15) is 11.8 Å². The molecule has 1 amide bonds. The molecular weight excluding hydrogens is 560 g/mol. The van der Waals surface area contributed by atoms with Crippen LogP contribution in [0.5, 0.6) is 5.75 Å². The van der Waals surface area contributed by atoms with Crippen molar-refractivity contribution in [2.24, 2.45) is 0 Å². The van der Waals surface area contributed by atoms with Gasteiger partial charge in [0, 0.05) is 6.20 Å². The minimum absolute atomic E-state index is 0.198. The van der Waals surface area contributed by atoms with Crippen LogP contribution in [0, 0.1) is 0 Å². The number of rotatable bonds is 8. The van der Waals surface area contributed by atoms with Crippen molar-refractivity contribution >= 4 is 11.9 Å². The number of hydrogen-bond acceptors (Lipinski definition) is 13. The zero-order valence-electron chi connectivity index (χ0n) is 21.1. The molecule has 2 fully saturated rings. The highest BCUT2D eigenvalue weighted by atomic mass is 19.2. The highest BCUT2D eigenvalue weighted by molar-refractivity contribution is 5.83. The van der Waals surface area contributed by atoms with Gasteiger partial charge in [-0.15, -0.1) is 0 Å². The number of benzene rings is 1. The number of nitrogens with one attached hydrogen (secondary N) is 1. The quantitative estimate of drug-likeness (QED) is 0.179. The molecule has 0 radical (unpaired) electrons. The molecule has 4 rings (SSSR count). The van der Waals surface area contributed by atoms with Gasteiger partial charge in [0.1, 0.15) is 54.8 Å². The lowest BCUT2D eigenvalue weighted by molar-refractivity contribution is -0.277. The van der Waals surface area contributed by atoms with Crippen molar-refractivity contribution in [2.75, 3.05) is 18.5 Å². The van der Waals surface area contributed by atoms with Gasteiger partial charge < -0.3 is 49.6 Å². The largest absolute Gasteiger partial charge is 0.462 e. The molecule has 10 atom stereocenters. The van der Waals surface area contributed by atoms with Gasteiger partial charge in [0.25, 0.3) is 0 Å². The fourth-order valence-corrected chi connectivity index (χ4v) is 4.18. The number of halogens is 2. The molecule has 3 heterocycles. The van der Waals surface area contributed by atoms with E-state index in [2.05, 4.69) is 10.3 Å². The Morgan fingerprint density at radius 3 is 2.22 bits per heavy atom. The summed E-state index contributed by atoms with van der Waals surface area (Å²) < 4.78 is 50.0. The second-order valence-corrected chi connectivity index (χ2v) is 9.29.